The van der Waals surface area contributed by atoms with E-state index >= 15 is 0 Å². The predicted octanol–water partition coefficient (Wildman–Crippen LogP) is 2.37. The highest BCUT2D eigenvalue weighted by molar-refractivity contribution is 6.02. The number of hydrogen-bond acceptors (Lipinski definition) is 5. The number of ether oxygens (including phenoxy) is 2. The Hall–Kier alpha value is -3.65. The van der Waals surface area contributed by atoms with E-state index in [1.54, 1.807) is 23.1 Å². The first-order chi connectivity index (χ1) is 18.0. The Morgan fingerprint density at radius 2 is 1.97 bits per heavy atom. The van der Waals surface area contributed by atoms with E-state index in [4.69, 9.17) is 15.0 Å². The lowest BCUT2D eigenvalue weighted by Gasteiger charge is -2.31. The van der Waals surface area contributed by atoms with Crippen molar-refractivity contribution in [3.05, 3.63) is 77.0 Å². The smallest absolute Gasteiger partial charge is 0.255 e. The number of nitrogens with one attached hydrogen (secondary N) is 1. The van der Waals surface area contributed by atoms with Gasteiger partial charge in [-0.05, 0) is 36.0 Å². The van der Waals surface area contributed by atoms with Gasteiger partial charge in [0.05, 0.1) is 14.5 Å². The van der Waals surface area contributed by atoms with E-state index in [0.29, 0.717) is 31.0 Å². The van der Waals surface area contributed by atoms with Crippen LogP contribution in [0.15, 0.2) is 54.7 Å². The minimum atomic E-state index is -2.49. The molecule has 2 unspecified atom stereocenters. The SMILES string of the molecule is [2H]C1C([2H])([2H])C(=C)NC(=O)C1([2H])N1Cc2c(OCc3ccc(CN4CCOCC4=O)cc3)cccc2C1=O. The van der Waals surface area contributed by atoms with Gasteiger partial charge in [0, 0.05) is 34.0 Å². The number of carbonyl (C=O) groups excluding carboxylic acids is 3. The van der Waals surface area contributed by atoms with E-state index < -0.39 is 30.6 Å². The molecule has 1 N–H and O–H groups in total. The van der Waals surface area contributed by atoms with Crippen LogP contribution in [0.4, 0.5) is 0 Å². The maximum atomic E-state index is 13.2. The van der Waals surface area contributed by atoms with Crippen LogP contribution in [0.25, 0.3) is 0 Å². The summed E-state index contributed by atoms with van der Waals surface area (Å²) < 4.78 is 44.6. The fourth-order valence-electron chi connectivity index (χ4n) is 4.13. The summed E-state index contributed by atoms with van der Waals surface area (Å²) >= 11 is 0. The van der Waals surface area contributed by atoms with E-state index in [9.17, 15) is 14.4 Å². The number of hydrogen-bond donors (Lipinski definition) is 1. The number of benzene rings is 2. The van der Waals surface area contributed by atoms with Crippen molar-refractivity contribution in [2.45, 2.75) is 38.5 Å². The van der Waals surface area contributed by atoms with Gasteiger partial charge in [-0.3, -0.25) is 14.4 Å². The Morgan fingerprint density at radius 1 is 1.18 bits per heavy atom. The third kappa shape index (κ3) is 4.41. The first-order valence-electron chi connectivity index (χ1n) is 13.0. The number of carbonyl (C=O) groups is 3. The Labute approximate surface area is 203 Å². The second-order valence-electron chi connectivity index (χ2n) is 8.25. The lowest BCUT2D eigenvalue weighted by Crippen LogP contribution is -2.49. The Balaban J connectivity index is 1.30. The van der Waals surface area contributed by atoms with Crippen LogP contribution in [-0.4, -0.2) is 53.3 Å². The Kier molecular flexibility index (Phi) is 4.86. The monoisotopic (exact) mass is 465 g/mol. The second kappa shape index (κ2) is 9.30. The number of amides is 3. The van der Waals surface area contributed by atoms with E-state index in [2.05, 4.69) is 11.9 Å². The topological polar surface area (TPSA) is 88.2 Å². The van der Waals surface area contributed by atoms with E-state index in [-0.39, 0.29) is 36.9 Å². The van der Waals surface area contributed by atoms with Crippen molar-refractivity contribution >= 4 is 17.7 Å². The third-order valence-electron chi connectivity index (χ3n) is 5.97. The molecule has 3 aliphatic heterocycles. The van der Waals surface area contributed by atoms with Crippen LogP contribution in [-0.2, 0) is 34.0 Å². The molecule has 0 saturated carbocycles. The normalized spacial score (nSPS) is 27.9. The van der Waals surface area contributed by atoms with Crippen LogP contribution < -0.4 is 10.1 Å². The third-order valence-corrected chi connectivity index (χ3v) is 5.97. The van der Waals surface area contributed by atoms with Crippen LogP contribution in [0, 0.1) is 0 Å². The lowest BCUT2D eigenvalue weighted by atomic mass is 10.0. The molecule has 3 aliphatic rings. The van der Waals surface area contributed by atoms with Crippen LogP contribution in [0.1, 0.15) is 45.3 Å². The van der Waals surface area contributed by atoms with Crippen LogP contribution in [0.5, 0.6) is 5.75 Å². The molecule has 176 valence electrons. The van der Waals surface area contributed by atoms with Crippen molar-refractivity contribution in [3.63, 3.8) is 0 Å². The Morgan fingerprint density at radius 3 is 2.76 bits per heavy atom. The van der Waals surface area contributed by atoms with Gasteiger partial charge < -0.3 is 24.6 Å². The predicted molar refractivity (Wildman–Crippen MR) is 124 cm³/mol. The number of fused-ring (bicyclic) bond motifs is 1. The van der Waals surface area contributed by atoms with E-state index in [1.165, 1.54) is 0 Å². The summed E-state index contributed by atoms with van der Waals surface area (Å²) in [6, 6.07) is 10.0. The molecular formula is C26H27N3O5. The van der Waals surface area contributed by atoms with Crippen LogP contribution >= 0.6 is 0 Å². The van der Waals surface area contributed by atoms with Crippen LogP contribution in [0.2, 0.25) is 0 Å². The first kappa shape index (κ1) is 17.8. The summed E-state index contributed by atoms with van der Waals surface area (Å²) in [6.07, 6.45) is -4.30. The number of piperidine rings is 1. The molecule has 2 saturated heterocycles. The standard InChI is InChI=1S/C26H27N3O5/c1-17-5-10-22(25(31)27-17)29-14-21-20(26(29)32)3-2-4-23(21)34-15-19-8-6-18(7-9-19)13-28-11-12-33-16-24(28)30/h2-4,6-9,22H,1,5,10-16H2,(H,27,31)/i5D2,10D,22D. The van der Waals surface area contributed by atoms with Gasteiger partial charge in [-0.15, -0.1) is 0 Å². The molecule has 0 aromatic heterocycles. The average molecular weight is 466 g/mol. The molecule has 34 heavy (non-hydrogen) atoms. The van der Waals surface area contributed by atoms with Gasteiger partial charge in [0.1, 0.15) is 25.0 Å². The molecule has 0 spiro atoms. The number of allylic oxidation sites excluding steroid dienone is 1. The van der Waals surface area contributed by atoms with Crippen molar-refractivity contribution < 1.29 is 29.3 Å². The zero-order chi connectivity index (χ0) is 27.2. The highest BCUT2D eigenvalue weighted by Crippen LogP contribution is 2.34. The van der Waals surface area contributed by atoms with Gasteiger partial charge in [0.15, 0.2) is 0 Å². The molecule has 3 amide bonds. The first-order valence-corrected chi connectivity index (χ1v) is 11.0. The second-order valence-corrected chi connectivity index (χ2v) is 8.25. The minimum absolute atomic E-state index is 0.0387. The highest BCUT2D eigenvalue weighted by Gasteiger charge is 2.39. The highest BCUT2D eigenvalue weighted by atomic mass is 16.5. The van der Waals surface area contributed by atoms with E-state index in [1.807, 2.05) is 24.3 Å². The summed E-state index contributed by atoms with van der Waals surface area (Å²) in [4.78, 5) is 40.6. The molecule has 8 heteroatoms. The molecule has 8 nitrogen and oxygen atoms in total. The van der Waals surface area contributed by atoms with Gasteiger partial charge in [-0.1, -0.05) is 36.9 Å². The fraction of sp³-hybridized carbons (Fsp3) is 0.346. The molecule has 0 radical (unpaired) electrons. The molecule has 5 rings (SSSR count). The van der Waals surface area contributed by atoms with Gasteiger partial charge in [-0.2, -0.15) is 0 Å². The zero-order valence-electron chi connectivity index (χ0n) is 22.5. The van der Waals surface area contributed by atoms with Gasteiger partial charge in [-0.25, -0.2) is 0 Å². The van der Waals surface area contributed by atoms with Gasteiger partial charge >= 0.3 is 0 Å². The van der Waals surface area contributed by atoms with Gasteiger partial charge in [0.25, 0.3) is 5.91 Å². The van der Waals surface area contributed by atoms with Crippen LogP contribution in [0.3, 0.4) is 0 Å². The molecule has 3 heterocycles. The number of nitrogens with zero attached hydrogens (tertiary/aromatic N) is 2. The summed E-state index contributed by atoms with van der Waals surface area (Å²) in [5, 5.41) is 2.24. The number of rotatable bonds is 6. The molecule has 0 bridgehead atoms. The summed E-state index contributed by atoms with van der Waals surface area (Å²) in [5.41, 5.74) is 2.24. The molecule has 0 aliphatic carbocycles. The summed E-state index contributed by atoms with van der Waals surface area (Å²) in [7, 11) is 0. The minimum Gasteiger partial charge on any atom is -0.489 e. The fourth-order valence-corrected chi connectivity index (χ4v) is 4.13. The lowest BCUT2D eigenvalue weighted by molar-refractivity contribution is -0.143. The number of morpholine rings is 1. The molecule has 2 atom stereocenters. The van der Waals surface area contributed by atoms with Crippen molar-refractivity contribution in [2.24, 2.45) is 0 Å². The molecule has 2 aromatic carbocycles. The molecular weight excluding hydrogens is 434 g/mol. The Bertz CT molecular complexity index is 1320. The summed E-state index contributed by atoms with van der Waals surface area (Å²) in [6.45, 7) is 5.16. The molecule has 2 aromatic rings. The quantitative estimate of drug-likeness (QED) is 0.708. The maximum absolute atomic E-state index is 13.2. The van der Waals surface area contributed by atoms with Crippen molar-refractivity contribution in [1.82, 2.24) is 15.1 Å². The van der Waals surface area contributed by atoms with E-state index in [0.717, 1.165) is 16.0 Å². The average Bonchev–Trinajstić information content (AvgIpc) is 3.25. The maximum Gasteiger partial charge on any atom is 0.255 e. The van der Waals surface area contributed by atoms with Crippen molar-refractivity contribution in [3.8, 4) is 5.75 Å². The zero-order valence-corrected chi connectivity index (χ0v) is 18.5. The van der Waals surface area contributed by atoms with Crippen molar-refractivity contribution in [1.29, 1.82) is 0 Å². The van der Waals surface area contributed by atoms with Crippen molar-refractivity contribution in [2.75, 3.05) is 19.8 Å². The largest absolute Gasteiger partial charge is 0.489 e. The van der Waals surface area contributed by atoms with Gasteiger partial charge in [0.2, 0.25) is 11.8 Å². The molecule has 2 fully saturated rings. The summed E-state index contributed by atoms with van der Waals surface area (Å²) in [5.74, 6) is -1.25.